The predicted molar refractivity (Wildman–Crippen MR) is 129 cm³/mol. The minimum Gasteiger partial charge on any atom is -0.543 e. The Bertz CT molecular complexity index is 901. The molecule has 0 unspecified atom stereocenters. The molecule has 2 atom stereocenters. The van der Waals surface area contributed by atoms with Crippen LogP contribution in [0.25, 0.3) is 0 Å². The van der Waals surface area contributed by atoms with Crippen LogP contribution in [0.1, 0.15) is 36.7 Å². The Hall–Kier alpha value is -2.24. The summed E-state index contributed by atoms with van der Waals surface area (Å²) in [6.45, 7) is 10.3. The summed E-state index contributed by atoms with van der Waals surface area (Å²) in [4.78, 5) is 37.5. The van der Waals surface area contributed by atoms with Crippen molar-refractivity contribution in [1.82, 2.24) is 5.32 Å². The molecule has 0 radical (unpaired) electrons. The Morgan fingerprint density at radius 2 is 1.91 bits per heavy atom. The Labute approximate surface area is 200 Å². The first-order chi connectivity index (χ1) is 15.3. The van der Waals surface area contributed by atoms with E-state index < -0.39 is 38.2 Å². The van der Waals surface area contributed by atoms with Gasteiger partial charge in [-0.1, -0.05) is 20.8 Å². The van der Waals surface area contributed by atoms with Crippen molar-refractivity contribution >= 4 is 37.9 Å². The van der Waals surface area contributed by atoms with Gasteiger partial charge in [0.05, 0.1) is 19.8 Å². The van der Waals surface area contributed by atoms with E-state index in [-0.39, 0.29) is 23.0 Å². The largest absolute Gasteiger partial charge is 0.543 e. The Morgan fingerprint density at radius 1 is 1.24 bits per heavy atom. The molecule has 0 aliphatic carbocycles. The smallest absolute Gasteiger partial charge is 0.338 e. The van der Waals surface area contributed by atoms with Crippen molar-refractivity contribution in [3.8, 4) is 11.5 Å². The van der Waals surface area contributed by atoms with Crippen LogP contribution in [0.5, 0.6) is 11.5 Å². The van der Waals surface area contributed by atoms with Gasteiger partial charge in [-0.25, -0.2) is 9.59 Å². The highest BCUT2D eigenvalue weighted by Crippen LogP contribution is 2.41. The van der Waals surface area contributed by atoms with Gasteiger partial charge in [0.15, 0.2) is 0 Å². The lowest BCUT2D eigenvalue weighted by atomic mass is 10.1. The number of esters is 2. The zero-order valence-corrected chi connectivity index (χ0v) is 22.1. The monoisotopic (exact) mass is 498 g/mol. The fourth-order valence-electron chi connectivity index (χ4n) is 2.78. The van der Waals surface area contributed by atoms with Gasteiger partial charge < -0.3 is 29.7 Å². The summed E-state index contributed by atoms with van der Waals surface area (Å²) in [6.07, 6.45) is 0. The lowest BCUT2D eigenvalue weighted by Crippen LogP contribution is -2.51. The molecular weight excluding hydrogens is 464 g/mol. The highest BCUT2D eigenvalue weighted by atomic mass is 32.2. The quantitative estimate of drug-likeness (QED) is 0.475. The molecule has 0 saturated carbocycles. The van der Waals surface area contributed by atoms with E-state index in [1.54, 1.807) is 12.1 Å². The van der Waals surface area contributed by atoms with Gasteiger partial charge in [-0.05, 0) is 24.2 Å². The summed E-state index contributed by atoms with van der Waals surface area (Å²) in [6, 6.07) is 1.33. The number of nitrogens with two attached hydrogens (primary N) is 1. The molecule has 33 heavy (non-hydrogen) atoms. The van der Waals surface area contributed by atoms with E-state index in [0.29, 0.717) is 22.8 Å². The van der Waals surface area contributed by atoms with E-state index in [1.807, 2.05) is 0 Å². The SMILES string of the molecule is COC(=O)[C@@H]1CSCc2c(O[Si](C)(C)C(C)(C)C)cc(OC)cc2C(=O)OC[C@H](N)C(=O)N1. The molecule has 0 aromatic heterocycles. The van der Waals surface area contributed by atoms with Gasteiger partial charge in [0.1, 0.15) is 30.2 Å². The number of benzene rings is 1. The van der Waals surface area contributed by atoms with Crippen LogP contribution in [0, 0.1) is 0 Å². The van der Waals surface area contributed by atoms with Gasteiger partial charge >= 0.3 is 11.9 Å². The molecule has 1 amide bonds. The van der Waals surface area contributed by atoms with Crippen molar-refractivity contribution in [2.75, 3.05) is 26.6 Å². The Morgan fingerprint density at radius 3 is 2.48 bits per heavy atom. The normalized spacial score (nSPS) is 20.4. The Kier molecular flexibility index (Phi) is 8.83. The molecular formula is C22H34N2O7SSi. The third kappa shape index (κ3) is 6.64. The van der Waals surface area contributed by atoms with Crippen molar-refractivity contribution < 1.29 is 33.0 Å². The topological polar surface area (TPSA) is 126 Å². The summed E-state index contributed by atoms with van der Waals surface area (Å²) < 4.78 is 22.1. The molecule has 1 heterocycles. The molecule has 1 aromatic rings. The second-order valence-electron chi connectivity index (χ2n) is 9.32. The van der Waals surface area contributed by atoms with Gasteiger partial charge in [0.2, 0.25) is 14.2 Å². The number of thioether (sulfide) groups is 1. The van der Waals surface area contributed by atoms with Crippen LogP contribution in [0.3, 0.4) is 0 Å². The molecule has 1 aromatic carbocycles. The highest BCUT2D eigenvalue weighted by Gasteiger charge is 2.40. The van der Waals surface area contributed by atoms with E-state index in [2.05, 4.69) is 39.2 Å². The lowest BCUT2D eigenvalue weighted by Gasteiger charge is -2.37. The molecule has 1 aliphatic rings. The summed E-state index contributed by atoms with van der Waals surface area (Å²) in [5.74, 6) is -0.250. The van der Waals surface area contributed by atoms with Crippen molar-refractivity contribution in [2.45, 2.75) is 56.7 Å². The van der Waals surface area contributed by atoms with Crippen LogP contribution in [0.15, 0.2) is 12.1 Å². The molecule has 0 saturated heterocycles. The molecule has 11 heteroatoms. The summed E-state index contributed by atoms with van der Waals surface area (Å²) in [7, 11) is 0.505. The molecule has 184 valence electrons. The summed E-state index contributed by atoms with van der Waals surface area (Å²) in [5, 5.41) is 2.50. The maximum Gasteiger partial charge on any atom is 0.338 e. The molecule has 0 spiro atoms. The number of methoxy groups -OCH3 is 2. The average Bonchev–Trinajstić information content (AvgIpc) is 2.74. The lowest BCUT2D eigenvalue weighted by molar-refractivity contribution is -0.144. The fraction of sp³-hybridized carbons (Fsp3) is 0.591. The van der Waals surface area contributed by atoms with E-state index in [1.165, 1.54) is 26.0 Å². The van der Waals surface area contributed by atoms with Crippen LogP contribution in [0.4, 0.5) is 0 Å². The number of cyclic esters (lactones) is 1. The second-order valence-corrected chi connectivity index (χ2v) is 15.1. The number of amides is 1. The Balaban J connectivity index is 2.54. The first kappa shape index (κ1) is 27.0. The van der Waals surface area contributed by atoms with Crippen molar-refractivity contribution in [3.05, 3.63) is 23.3 Å². The number of carbonyl (C=O) groups excluding carboxylic acids is 3. The highest BCUT2D eigenvalue weighted by molar-refractivity contribution is 7.98. The van der Waals surface area contributed by atoms with Crippen LogP contribution in [-0.4, -0.2) is 64.8 Å². The van der Waals surface area contributed by atoms with Crippen LogP contribution in [-0.2, 0) is 24.8 Å². The first-order valence-corrected chi connectivity index (χ1v) is 14.7. The molecule has 0 fully saturated rings. The van der Waals surface area contributed by atoms with Crippen LogP contribution >= 0.6 is 11.8 Å². The number of hydrogen-bond acceptors (Lipinski definition) is 9. The van der Waals surface area contributed by atoms with E-state index in [0.717, 1.165) is 0 Å². The minimum atomic E-state index is -2.26. The molecule has 2 rings (SSSR count). The maximum absolute atomic E-state index is 13.0. The van der Waals surface area contributed by atoms with Gasteiger partial charge in [0, 0.05) is 23.1 Å². The van der Waals surface area contributed by atoms with Crippen LogP contribution < -0.4 is 20.2 Å². The number of hydrogen-bond donors (Lipinski definition) is 2. The van der Waals surface area contributed by atoms with E-state index in [4.69, 9.17) is 24.4 Å². The number of rotatable bonds is 4. The molecule has 3 N–H and O–H groups in total. The van der Waals surface area contributed by atoms with E-state index in [9.17, 15) is 14.4 Å². The van der Waals surface area contributed by atoms with Crippen LogP contribution in [0.2, 0.25) is 18.1 Å². The molecule has 0 bridgehead atoms. The van der Waals surface area contributed by atoms with Gasteiger partial charge in [-0.3, -0.25) is 4.79 Å². The second kappa shape index (κ2) is 10.8. The van der Waals surface area contributed by atoms with Crippen molar-refractivity contribution in [1.29, 1.82) is 0 Å². The third-order valence-corrected chi connectivity index (χ3v) is 11.3. The average molecular weight is 499 g/mol. The maximum atomic E-state index is 13.0. The van der Waals surface area contributed by atoms with Gasteiger partial charge in [0.25, 0.3) is 0 Å². The van der Waals surface area contributed by atoms with Crippen molar-refractivity contribution in [3.63, 3.8) is 0 Å². The number of fused-ring (bicyclic) bond motifs is 1. The number of ether oxygens (including phenoxy) is 3. The van der Waals surface area contributed by atoms with Crippen molar-refractivity contribution in [2.24, 2.45) is 5.73 Å². The number of nitrogens with one attached hydrogen (secondary N) is 1. The number of carbonyl (C=O) groups is 3. The standard InChI is InChI=1S/C22H34N2O7SSi/c1-22(2,3)33(6,7)31-18-9-13(28-4)8-14-15(18)11-32-12-17(21(27)29-5)24-19(25)16(23)10-30-20(14)26/h8-9,16-17H,10-12,23H2,1-7H3,(H,24,25)/t16-,17-/m0/s1. The van der Waals surface area contributed by atoms with E-state index >= 15 is 0 Å². The van der Waals surface area contributed by atoms with Gasteiger partial charge in [-0.15, -0.1) is 0 Å². The molecule has 9 nitrogen and oxygen atoms in total. The zero-order chi connectivity index (χ0) is 25.0. The summed E-state index contributed by atoms with van der Waals surface area (Å²) >= 11 is 1.36. The predicted octanol–water partition coefficient (Wildman–Crippen LogP) is 2.47. The first-order valence-electron chi connectivity index (χ1n) is 10.6. The fourth-order valence-corrected chi connectivity index (χ4v) is 4.89. The summed E-state index contributed by atoms with van der Waals surface area (Å²) in [5.41, 5.74) is 6.78. The van der Waals surface area contributed by atoms with Gasteiger partial charge in [-0.2, -0.15) is 11.8 Å². The third-order valence-electron chi connectivity index (χ3n) is 5.87. The zero-order valence-electron chi connectivity index (χ0n) is 20.3. The molecule has 1 aliphatic heterocycles. The minimum absolute atomic E-state index is 0.0744.